The van der Waals surface area contributed by atoms with Gasteiger partial charge in [0.1, 0.15) is 10.4 Å². The van der Waals surface area contributed by atoms with Gasteiger partial charge >= 0.3 is 0 Å². The Morgan fingerprint density at radius 1 is 1.24 bits per heavy atom. The third-order valence-corrected chi connectivity index (χ3v) is 4.41. The van der Waals surface area contributed by atoms with Gasteiger partial charge in [-0.15, -0.1) is 0 Å². The number of fused-ring (bicyclic) bond motifs is 1. The Morgan fingerprint density at radius 3 is 2.67 bits per heavy atom. The molecule has 5 heteroatoms. The summed E-state index contributed by atoms with van der Waals surface area (Å²) in [5.41, 5.74) is 2.89. The third-order valence-electron chi connectivity index (χ3n) is 3.33. The number of rotatable bonds is 2. The maximum absolute atomic E-state index is 12.5. The monoisotopic (exact) mass is 298 g/mol. The van der Waals surface area contributed by atoms with Crippen molar-refractivity contribution in [2.24, 2.45) is 0 Å². The van der Waals surface area contributed by atoms with Gasteiger partial charge in [-0.3, -0.25) is 9.59 Å². The summed E-state index contributed by atoms with van der Waals surface area (Å²) in [6, 6.07) is 10.8. The van der Waals surface area contributed by atoms with E-state index < -0.39 is 5.37 Å². The molecule has 1 unspecified atom stereocenters. The number of hydrogen-bond acceptors (Lipinski definition) is 4. The molecular weight excluding hydrogens is 284 g/mol. The van der Waals surface area contributed by atoms with Gasteiger partial charge in [0.25, 0.3) is 5.91 Å². The van der Waals surface area contributed by atoms with Crippen molar-refractivity contribution >= 4 is 23.5 Å². The topological polar surface area (TPSA) is 59.1 Å². The Bertz CT molecular complexity index is 729. The predicted octanol–water partition coefficient (Wildman–Crippen LogP) is 2.74. The van der Waals surface area contributed by atoms with E-state index >= 15 is 0 Å². The molecule has 1 aliphatic heterocycles. The van der Waals surface area contributed by atoms with Crippen molar-refractivity contribution in [2.45, 2.75) is 24.2 Å². The lowest BCUT2D eigenvalue weighted by atomic mass is 10.1. The average Bonchev–Trinajstić information content (AvgIpc) is 2.46. The fraction of sp³-hybridized carbons (Fsp3) is 0.188. The first-order valence-corrected chi connectivity index (χ1v) is 7.49. The predicted molar refractivity (Wildman–Crippen MR) is 81.6 cm³/mol. The van der Waals surface area contributed by atoms with Gasteiger partial charge in [0.15, 0.2) is 5.78 Å². The maximum atomic E-state index is 12.5. The second kappa shape index (κ2) is 5.33. The molecule has 1 N–H and O–H groups in total. The molecule has 1 aromatic heterocycles. The first-order chi connectivity index (χ1) is 10.1. The number of Topliss-reactive ketones (excluding diaryl/α,β-unsaturated/α-hetero) is 1. The summed E-state index contributed by atoms with van der Waals surface area (Å²) < 4.78 is 0. The first kappa shape index (κ1) is 13.8. The summed E-state index contributed by atoms with van der Waals surface area (Å²) in [6.07, 6.45) is 0. The van der Waals surface area contributed by atoms with Crippen LogP contribution in [-0.2, 0) is 0 Å². The van der Waals surface area contributed by atoms with Gasteiger partial charge in [0.2, 0.25) is 0 Å². The molecular formula is C16H14N2O2S. The van der Waals surface area contributed by atoms with Gasteiger partial charge in [-0.25, -0.2) is 4.98 Å². The van der Waals surface area contributed by atoms with Crippen molar-refractivity contribution < 1.29 is 9.59 Å². The van der Waals surface area contributed by atoms with Crippen LogP contribution in [0.15, 0.2) is 41.4 Å². The highest BCUT2D eigenvalue weighted by Gasteiger charge is 2.32. The van der Waals surface area contributed by atoms with E-state index in [1.807, 2.05) is 38.1 Å². The zero-order chi connectivity index (χ0) is 15.0. The minimum atomic E-state index is -0.624. The molecule has 4 nitrogen and oxygen atoms in total. The van der Waals surface area contributed by atoms with E-state index in [4.69, 9.17) is 0 Å². The van der Waals surface area contributed by atoms with E-state index in [0.717, 1.165) is 11.3 Å². The molecule has 21 heavy (non-hydrogen) atoms. The number of thioether (sulfide) groups is 1. The lowest BCUT2D eigenvalue weighted by molar-refractivity contribution is 0.0884. The molecule has 1 aliphatic rings. The number of aromatic nitrogens is 1. The Balaban J connectivity index is 1.95. The highest BCUT2D eigenvalue weighted by molar-refractivity contribution is 8.00. The number of pyridine rings is 1. The van der Waals surface area contributed by atoms with E-state index in [1.54, 1.807) is 12.1 Å². The highest BCUT2D eigenvalue weighted by atomic mass is 32.2. The minimum absolute atomic E-state index is 0.111. The molecule has 0 saturated carbocycles. The molecule has 106 valence electrons. The van der Waals surface area contributed by atoms with Crippen molar-refractivity contribution in [1.29, 1.82) is 0 Å². The standard InChI is InChI=1S/C16H14N2O2S/c1-9-8-10(2)17-15-12(9)14(20)18-16(21-15)13(19)11-6-4-3-5-7-11/h3-8,16H,1-2H3,(H,18,20). The Kier molecular flexibility index (Phi) is 3.51. The number of hydrogen-bond donors (Lipinski definition) is 1. The van der Waals surface area contributed by atoms with Crippen molar-refractivity contribution in [3.05, 3.63) is 58.8 Å². The van der Waals surface area contributed by atoms with E-state index in [9.17, 15) is 9.59 Å². The van der Waals surface area contributed by atoms with Crippen LogP contribution >= 0.6 is 11.8 Å². The fourth-order valence-electron chi connectivity index (χ4n) is 2.37. The van der Waals surface area contributed by atoms with Crippen LogP contribution in [0.4, 0.5) is 0 Å². The number of carbonyl (C=O) groups is 2. The Hall–Kier alpha value is -2.14. The van der Waals surface area contributed by atoms with Crippen LogP contribution in [0, 0.1) is 13.8 Å². The first-order valence-electron chi connectivity index (χ1n) is 6.61. The SMILES string of the molecule is Cc1cc(C)c2c(n1)SC(C(=O)c1ccccc1)NC2=O. The van der Waals surface area contributed by atoms with Crippen LogP contribution in [-0.4, -0.2) is 22.0 Å². The summed E-state index contributed by atoms with van der Waals surface area (Å²) in [4.78, 5) is 29.1. The van der Waals surface area contributed by atoms with Gasteiger partial charge < -0.3 is 5.32 Å². The van der Waals surface area contributed by atoms with Crippen molar-refractivity contribution in [1.82, 2.24) is 10.3 Å². The molecule has 1 aromatic carbocycles. The molecule has 3 rings (SSSR count). The van der Waals surface area contributed by atoms with Gasteiger partial charge in [0.05, 0.1) is 5.56 Å². The smallest absolute Gasteiger partial charge is 0.255 e. The quantitative estimate of drug-likeness (QED) is 0.866. The normalized spacial score (nSPS) is 17.0. The largest absolute Gasteiger partial charge is 0.333 e. The molecule has 0 spiro atoms. The summed E-state index contributed by atoms with van der Waals surface area (Å²) in [7, 11) is 0. The number of benzene rings is 1. The van der Waals surface area contributed by atoms with Crippen LogP contribution in [0.2, 0.25) is 0 Å². The highest BCUT2D eigenvalue weighted by Crippen LogP contribution is 2.32. The zero-order valence-electron chi connectivity index (χ0n) is 11.7. The third kappa shape index (κ3) is 2.56. The molecule has 1 atom stereocenters. The molecule has 0 fully saturated rings. The van der Waals surface area contributed by atoms with E-state index in [-0.39, 0.29) is 11.7 Å². The molecule has 2 aromatic rings. The molecule has 0 radical (unpaired) electrons. The van der Waals surface area contributed by atoms with Gasteiger partial charge in [-0.1, -0.05) is 42.1 Å². The van der Waals surface area contributed by atoms with Gasteiger partial charge in [-0.2, -0.15) is 0 Å². The number of carbonyl (C=O) groups excluding carboxylic acids is 2. The second-order valence-corrected chi connectivity index (χ2v) is 6.06. The maximum Gasteiger partial charge on any atom is 0.255 e. The molecule has 2 heterocycles. The molecule has 0 bridgehead atoms. The summed E-state index contributed by atoms with van der Waals surface area (Å²) in [5, 5.41) is 2.77. The van der Waals surface area contributed by atoms with Crippen LogP contribution in [0.5, 0.6) is 0 Å². The summed E-state index contributed by atoms with van der Waals surface area (Å²) >= 11 is 1.30. The molecule has 0 aliphatic carbocycles. The zero-order valence-corrected chi connectivity index (χ0v) is 12.5. The average molecular weight is 298 g/mol. The van der Waals surface area contributed by atoms with Crippen LogP contribution in [0.1, 0.15) is 32.0 Å². The van der Waals surface area contributed by atoms with E-state index in [0.29, 0.717) is 16.2 Å². The van der Waals surface area contributed by atoms with Gasteiger partial charge in [-0.05, 0) is 25.5 Å². The van der Waals surface area contributed by atoms with Crippen molar-refractivity contribution in [3.8, 4) is 0 Å². The van der Waals surface area contributed by atoms with Crippen molar-refractivity contribution in [2.75, 3.05) is 0 Å². The number of nitrogens with zero attached hydrogens (tertiary/aromatic N) is 1. The molecule has 1 amide bonds. The van der Waals surface area contributed by atoms with Gasteiger partial charge in [0, 0.05) is 11.3 Å². The van der Waals surface area contributed by atoms with Crippen LogP contribution < -0.4 is 5.32 Å². The number of nitrogens with one attached hydrogen (secondary N) is 1. The summed E-state index contributed by atoms with van der Waals surface area (Å²) in [6.45, 7) is 3.77. The lowest BCUT2D eigenvalue weighted by Crippen LogP contribution is -2.42. The van der Waals surface area contributed by atoms with E-state index in [1.165, 1.54) is 11.8 Å². The summed E-state index contributed by atoms with van der Waals surface area (Å²) in [5.74, 6) is -0.344. The Morgan fingerprint density at radius 2 is 1.95 bits per heavy atom. The second-order valence-electron chi connectivity index (χ2n) is 4.96. The number of amides is 1. The molecule has 0 saturated heterocycles. The number of ketones is 1. The minimum Gasteiger partial charge on any atom is -0.333 e. The van der Waals surface area contributed by atoms with E-state index in [2.05, 4.69) is 10.3 Å². The van der Waals surface area contributed by atoms with Crippen LogP contribution in [0.25, 0.3) is 0 Å². The lowest BCUT2D eigenvalue weighted by Gasteiger charge is -2.24. The Labute approximate surface area is 127 Å². The van der Waals surface area contributed by atoms with Crippen LogP contribution in [0.3, 0.4) is 0 Å². The number of aryl methyl sites for hydroxylation is 2. The van der Waals surface area contributed by atoms with Crippen molar-refractivity contribution in [3.63, 3.8) is 0 Å². The fourth-order valence-corrected chi connectivity index (χ4v) is 3.57.